The first-order valence-electron chi connectivity index (χ1n) is 9.72. The molecule has 0 aliphatic heterocycles. The predicted octanol–water partition coefficient (Wildman–Crippen LogP) is 2.27. The van der Waals surface area contributed by atoms with E-state index in [4.69, 9.17) is 0 Å². The van der Waals surface area contributed by atoms with Gasteiger partial charge < -0.3 is 4.55 Å². The zero-order chi connectivity index (χ0) is 23.6. The Balaban J connectivity index is 0.00000324. The summed E-state index contributed by atoms with van der Waals surface area (Å²) in [5.74, 6) is 0. The fourth-order valence-electron chi connectivity index (χ4n) is 3.26. The van der Waals surface area contributed by atoms with Crippen LogP contribution in [-0.2, 0) is 20.1 Å². The van der Waals surface area contributed by atoms with E-state index in [1.54, 1.807) is 67.6 Å². The van der Waals surface area contributed by atoms with E-state index in [9.17, 15) is 21.4 Å². The number of hydrogen-bond donors (Lipinski definition) is 1. The average Bonchev–Trinajstić information content (AvgIpc) is 2.77. The molecule has 0 fully saturated rings. The maximum Gasteiger partial charge on any atom is 1.00 e. The summed E-state index contributed by atoms with van der Waals surface area (Å²) in [5.41, 5.74) is 1.76. The fourth-order valence-corrected chi connectivity index (χ4v) is 5.09. The molecule has 8 nitrogen and oxygen atoms in total. The van der Waals surface area contributed by atoms with Crippen molar-refractivity contribution in [3.63, 3.8) is 0 Å². The molecule has 0 saturated heterocycles. The molecular formula is C23H18N3NaO5S2. The van der Waals surface area contributed by atoms with Crippen LogP contribution in [0.5, 0.6) is 0 Å². The Morgan fingerprint density at radius 1 is 0.794 bits per heavy atom. The molecule has 34 heavy (non-hydrogen) atoms. The molecule has 0 unspecified atom stereocenters. The Kier molecular flexibility index (Phi) is 7.91. The summed E-state index contributed by atoms with van der Waals surface area (Å²) in [6, 6.07) is 22.3. The van der Waals surface area contributed by atoms with Crippen LogP contribution in [0.3, 0.4) is 0 Å². The summed E-state index contributed by atoms with van der Waals surface area (Å²) in [6.07, 6.45) is 0. The minimum absolute atomic E-state index is 0. The molecule has 0 aliphatic rings. The molecule has 168 valence electrons. The smallest absolute Gasteiger partial charge is 0.744 e. The summed E-state index contributed by atoms with van der Waals surface area (Å²) in [4.78, 5) is -0.255. The molecule has 11 heteroatoms. The van der Waals surface area contributed by atoms with Crippen molar-refractivity contribution in [3.05, 3.63) is 90.5 Å². The van der Waals surface area contributed by atoms with E-state index in [0.29, 0.717) is 33.4 Å². The normalized spacial score (nSPS) is 11.9. The third kappa shape index (κ3) is 5.90. The van der Waals surface area contributed by atoms with Crippen LogP contribution in [0.1, 0.15) is 5.56 Å². The van der Waals surface area contributed by atoms with Gasteiger partial charge in [-0.25, -0.2) is 16.8 Å². The number of anilines is 1. The van der Waals surface area contributed by atoms with Crippen LogP contribution in [0, 0.1) is 6.92 Å². The molecule has 0 spiro atoms. The average molecular weight is 504 g/mol. The molecule has 0 aromatic heterocycles. The van der Waals surface area contributed by atoms with Crippen LogP contribution in [0.2, 0.25) is 0 Å². The van der Waals surface area contributed by atoms with E-state index in [2.05, 4.69) is 15.0 Å². The molecule has 1 N–H and O–H groups in total. The van der Waals surface area contributed by atoms with E-state index < -0.39 is 20.1 Å². The number of sulfonamides is 1. The van der Waals surface area contributed by atoms with Crippen molar-refractivity contribution in [1.82, 2.24) is 0 Å². The minimum atomic E-state index is -4.57. The summed E-state index contributed by atoms with van der Waals surface area (Å²) in [6.45, 7) is 1.69. The van der Waals surface area contributed by atoms with Gasteiger partial charge in [-0.15, -0.1) is 5.11 Å². The molecule has 0 radical (unpaired) electrons. The molecule has 0 aliphatic carbocycles. The van der Waals surface area contributed by atoms with E-state index in [0.717, 1.165) is 0 Å². The zero-order valence-electron chi connectivity index (χ0n) is 18.3. The fraction of sp³-hybridized carbons (Fsp3) is 0.0435. The van der Waals surface area contributed by atoms with Crippen LogP contribution in [0.25, 0.3) is 10.8 Å². The van der Waals surface area contributed by atoms with Gasteiger partial charge in [0.25, 0.3) is 10.0 Å². The number of azo groups is 1. The van der Waals surface area contributed by atoms with Crippen molar-refractivity contribution in [3.8, 4) is 0 Å². The number of fused-ring (bicyclic) bond motifs is 1. The van der Waals surface area contributed by atoms with Gasteiger partial charge in [0.15, 0.2) is 0 Å². The molecule has 0 amide bonds. The summed E-state index contributed by atoms with van der Waals surface area (Å²) >= 11 is 0. The summed E-state index contributed by atoms with van der Waals surface area (Å²) in [7, 11) is -8.42. The zero-order valence-corrected chi connectivity index (χ0v) is 22.0. The topological polar surface area (TPSA) is 128 Å². The van der Waals surface area contributed by atoms with Gasteiger partial charge in [-0.05, 0) is 60.3 Å². The minimum Gasteiger partial charge on any atom is -0.744 e. The maximum atomic E-state index is 12.9. The van der Waals surface area contributed by atoms with Gasteiger partial charge in [0.2, 0.25) is 0 Å². The second-order valence-electron chi connectivity index (χ2n) is 7.24. The maximum absolute atomic E-state index is 12.9. The van der Waals surface area contributed by atoms with Crippen LogP contribution in [0.15, 0.2) is 105 Å². The monoisotopic (exact) mass is 503 g/mol. The van der Waals surface area contributed by atoms with Crippen molar-refractivity contribution >= 4 is 48.0 Å². The van der Waals surface area contributed by atoms with Crippen molar-refractivity contribution in [2.24, 2.45) is 10.2 Å². The molecule has 0 atom stereocenters. The number of benzene rings is 4. The molecule has 0 heterocycles. The Bertz CT molecular complexity index is 1590. The number of para-hydroxylation sites is 1. The Morgan fingerprint density at radius 2 is 1.53 bits per heavy atom. The van der Waals surface area contributed by atoms with E-state index in [1.807, 2.05) is 0 Å². The third-order valence-corrected chi connectivity index (χ3v) is 7.23. The molecule has 0 bridgehead atoms. The number of hydrogen-bond acceptors (Lipinski definition) is 7. The molecule has 0 saturated carbocycles. The van der Waals surface area contributed by atoms with E-state index in [-0.39, 0.29) is 39.3 Å². The molecular weight excluding hydrogens is 485 g/mol. The first kappa shape index (κ1) is 26.0. The van der Waals surface area contributed by atoms with Gasteiger partial charge in [0.05, 0.1) is 21.2 Å². The number of nitrogens with zero attached hydrogens (tertiary/aromatic N) is 2. The number of aryl methyl sites for hydroxylation is 1. The van der Waals surface area contributed by atoms with Gasteiger partial charge in [0, 0.05) is 11.1 Å². The SMILES string of the molecule is Cc1ccc(N=Nc2cccc3cc(S(=O)(=O)[O-])ccc23)cc1S(=O)(=O)Nc1ccccc1.[Na+]. The molecule has 4 rings (SSSR count). The summed E-state index contributed by atoms with van der Waals surface area (Å²) < 4.78 is 62.1. The predicted molar refractivity (Wildman–Crippen MR) is 125 cm³/mol. The first-order valence-corrected chi connectivity index (χ1v) is 12.6. The van der Waals surface area contributed by atoms with E-state index in [1.165, 1.54) is 24.3 Å². The van der Waals surface area contributed by atoms with Crippen LogP contribution < -0.4 is 34.3 Å². The van der Waals surface area contributed by atoms with Crippen LogP contribution in [0.4, 0.5) is 17.1 Å². The van der Waals surface area contributed by atoms with Crippen molar-refractivity contribution in [1.29, 1.82) is 0 Å². The van der Waals surface area contributed by atoms with Gasteiger partial charge in [-0.1, -0.05) is 42.5 Å². The second-order valence-corrected chi connectivity index (χ2v) is 10.3. The number of nitrogens with one attached hydrogen (secondary N) is 1. The van der Waals surface area contributed by atoms with Crippen LogP contribution in [-0.4, -0.2) is 21.4 Å². The molecule has 4 aromatic rings. The van der Waals surface area contributed by atoms with Crippen molar-refractivity contribution in [2.45, 2.75) is 16.7 Å². The number of rotatable bonds is 6. The van der Waals surface area contributed by atoms with Crippen LogP contribution >= 0.6 is 0 Å². The van der Waals surface area contributed by atoms with Crippen molar-refractivity contribution < 1.29 is 50.9 Å². The van der Waals surface area contributed by atoms with Gasteiger partial charge in [0.1, 0.15) is 10.1 Å². The Labute approximate surface area is 219 Å². The third-order valence-electron chi connectivity index (χ3n) is 4.88. The molecule has 4 aromatic carbocycles. The quantitative estimate of drug-likeness (QED) is 0.245. The van der Waals surface area contributed by atoms with Gasteiger partial charge in [-0.3, -0.25) is 4.72 Å². The van der Waals surface area contributed by atoms with Gasteiger partial charge in [-0.2, -0.15) is 5.11 Å². The second kappa shape index (κ2) is 10.3. The van der Waals surface area contributed by atoms with E-state index >= 15 is 0 Å². The standard InChI is InChI=1S/C23H19N3O5S2.Na/c1-16-10-11-19(15-23(16)32(27,28)26-18-7-3-2-4-8-18)24-25-22-9-5-6-17-14-20(33(29,30)31)12-13-21(17)22;/h2-15,26H,1H3,(H,29,30,31);/q;+1/p-1. The largest absolute Gasteiger partial charge is 1.00 e. The first-order chi connectivity index (χ1) is 15.6. The summed E-state index contributed by atoms with van der Waals surface area (Å²) in [5, 5.41) is 9.50. The Morgan fingerprint density at radius 3 is 2.24 bits per heavy atom. The van der Waals surface area contributed by atoms with Gasteiger partial charge >= 0.3 is 29.6 Å². The van der Waals surface area contributed by atoms with Crippen molar-refractivity contribution in [2.75, 3.05) is 4.72 Å². The Hall–Kier alpha value is -2.60.